The molecule has 2 aromatic rings. The number of phenols is 2. The van der Waals surface area contributed by atoms with Gasteiger partial charge in [0.25, 0.3) is 0 Å². The third-order valence-corrected chi connectivity index (χ3v) is 7.93. The molecular weight excluding hydrogens is 684 g/mol. The molecule has 0 saturated carbocycles. The number of phenolic OH excluding ortho intramolecular Hbond substituents is 2. The monoisotopic (exact) mass is 724 g/mol. The van der Waals surface area contributed by atoms with Gasteiger partial charge in [0.15, 0.2) is 35.4 Å². The Bertz CT molecular complexity index is 1540. The summed E-state index contributed by atoms with van der Waals surface area (Å²) in [5, 5.41) is 82.2. The molecule has 2 aromatic carbocycles. The van der Waals surface area contributed by atoms with Gasteiger partial charge in [0.2, 0.25) is 12.0 Å². The number of esters is 2. The first-order valence-corrected chi connectivity index (χ1v) is 15.3. The zero-order valence-electron chi connectivity index (χ0n) is 27.5. The number of ether oxygens (including phenoxy) is 8. The van der Waals surface area contributed by atoms with Crippen molar-refractivity contribution in [3.63, 3.8) is 0 Å². The number of aliphatic hydroxyl groups excluding tert-OH is 6. The van der Waals surface area contributed by atoms with E-state index in [0.717, 1.165) is 12.2 Å². The molecule has 2 aliphatic heterocycles. The van der Waals surface area contributed by atoms with Gasteiger partial charge < -0.3 is 78.7 Å². The fraction of sp³-hybridized carbons (Fsp3) is 0.455. The predicted octanol–water partition coefficient (Wildman–Crippen LogP) is -1.43. The van der Waals surface area contributed by atoms with Crippen molar-refractivity contribution in [3.8, 4) is 28.7 Å². The number of carbonyl (C=O) groups is 2. The highest BCUT2D eigenvalue weighted by molar-refractivity contribution is 5.88. The van der Waals surface area contributed by atoms with Gasteiger partial charge in [0.1, 0.15) is 42.7 Å². The van der Waals surface area contributed by atoms with Crippen LogP contribution in [0.5, 0.6) is 28.7 Å². The van der Waals surface area contributed by atoms with Crippen molar-refractivity contribution in [2.24, 2.45) is 0 Å². The van der Waals surface area contributed by atoms with Crippen LogP contribution in [0, 0.1) is 0 Å². The van der Waals surface area contributed by atoms with Crippen LogP contribution in [0.25, 0.3) is 12.2 Å². The number of aromatic hydroxyl groups is 2. The van der Waals surface area contributed by atoms with Gasteiger partial charge in [0.05, 0.1) is 34.5 Å². The zero-order valence-corrected chi connectivity index (χ0v) is 27.5. The van der Waals surface area contributed by atoms with Gasteiger partial charge in [-0.25, -0.2) is 9.59 Å². The van der Waals surface area contributed by atoms with Gasteiger partial charge in [-0.3, -0.25) is 0 Å². The second-order valence-electron chi connectivity index (χ2n) is 11.3. The number of hydrogen-bond acceptors (Lipinski definition) is 18. The lowest BCUT2D eigenvalue weighted by atomic mass is 9.98. The lowest BCUT2D eigenvalue weighted by Gasteiger charge is -2.43. The highest BCUT2D eigenvalue weighted by atomic mass is 16.7. The summed E-state index contributed by atoms with van der Waals surface area (Å²) in [7, 11) is 3.97. The maximum atomic E-state index is 12.8. The summed E-state index contributed by atoms with van der Waals surface area (Å²) in [4.78, 5) is 25.3. The van der Waals surface area contributed by atoms with Crippen molar-refractivity contribution in [2.75, 3.05) is 34.5 Å². The third kappa shape index (κ3) is 9.44. The predicted molar refractivity (Wildman–Crippen MR) is 170 cm³/mol. The average Bonchev–Trinajstić information content (AvgIpc) is 3.12. The molecule has 51 heavy (non-hydrogen) atoms. The highest BCUT2D eigenvalue weighted by Crippen LogP contribution is 2.37. The average molecular weight is 725 g/mol. The Morgan fingerprint density at radius 3 is 1.84 bits per heavy atom. The number of carbonyl (C=O) groups excluding carboxylic acids is 2. The van der Waals surface area contributed by atoms with Crippen LogP contribution >= 0.6 is 0 Å². The summed E-state index contributed by atoms with van der Waals surface area (Å²) in [6.45, 7) is -1.45. The first kappa shape index (κ1) is 39.3. The molecule has 10 atom stereocenters. The van der Waals surface area contributed by atoms with E-state index < -0.39 is 86.6 Å². The normalized spacial score (nSPS) is 29.5. The fourth-order valence-corrected chi connectivity index (χ4v) is 5.12. The van der Waals surface area contributed by atoms with Crippen molar-refractivity contribution in [1.29, 1.82) is 0 Å². The van der Waals surface area contributed by atoms with Crippen LogP contribution in [-0.4, -0.2) is 149 Å². The second kappa shape index (κ2) is 17.6. The molecule has 2 aliphatic rings. The van der Waals surface area contributed by atoms with E-state index >= 15 is 0 Å². The minimum absolute atomic E-state index is 0.0541. The molecular formula is C33H40O18. The first-order valence-electron chi connectivity index (χ1n) is 15.3. The van der Waals surface area contributed by atoms with Gasteiger partial charge in [-0.05, 0) is 47.5 Å². The van der Waals surface area contributed by atoms with Crippen molar-refractivity contribution in [1.82, 2.24) is 0 Å². The molecule has 0 unspecified atom stereocenters. The third-order valence-electron chi connectivity index (χ3n) is 7.93. The Kier molecular flexibility index (Phi) is 13.6. The summed E-state index contributed by atoms with van der Waals surface area (Å²) in [5.41, 5.74) is 0.795. The van der Waals surface area contributed by atoms with Crippen LogP contribution in [0.4, 0.5) is 0 Å². The largest absolute Gasteiger partial charge is 0.504 e. The van der Waals surface area contributed by atoms with Crippen LogP contribution in [0.1, 0.15) is 11.1 Å². The SMILES string of the molecule is COc1cc(/C=C/C(=O)O[C@@H]2O[C@H](CO[C@@H]3O[C@H](CO)[C@@H](O)[C@H](O)[C@H]3OC(=O)/C=C/c3cc(OC)c(O)c(OC)c3)[C@@H](O)[C@H](O)[C@H]2O)ccc1O. The maximum Gasteiger partial charge on any atom is 0.333 e. The Hall–Kier alpha value is -4.50. The first-order chi connectivity index (χ1) is 24.3. The van der Waals surface area contributed by atoms with Gasteiger partial charge in [0, 0.05) is 12.2 Å². The minimum Gasteiger partial charge on any atom is -0.504 e. The summed E-state index contributed by atoms with van der Waals surface area (Å²) in [6, 6.07) is 7.06. The molecule has 0 spiro atoms. The molecule has 0 amide bonds. The standard InChI is InChI=1S/C33H40O18/c1-44-18-10-15(4-7-17(18)35)5-8-24(37)51-32-30(43)28(41)27(40)22(49-32)14-47-33-31(29(42)26(39)21(13-34)48-33)50-23(36)9-6-16-11-19(45-2)25(38)20(12-16)46-3/h4-12,21-22,26-35,38-43H,13-14H2,1-3H3/b8-5+,9-6+/t21-,22-,26-,27-,28+,29+,30-,31-,32+,33-/m1/s1. The van der Waals surface area contributed by atoms with E-state index in [1.807, 2.05) is 0 Å². The fourth-order valence-electron chi connectivity index (χ4n) is 5.12. The van der Waals surface area contributed by atoms with Crippen LogP contribution in [-0.2, 0) is 33.3 Å². The van der Waals surface area contributed by atoms with Crippen molar-refractivity contribution in [2.45, 2.75) is 61.4 Å². The molecule has 8 N–H and O–H groups in total. The number of aliphatic hydroxyl groups is 6. The van der Waals surface area contributed by atoms with E-state index in [4.69, 9.17) is 37.9 Å². The van der Waals surface area contributed by atoms with E-state index in [1.54, 1.807) is 0 Å². The van der Waals surface area contributed by atoms with E-state index in [-0.39, 0.29) is 28.7 Å². The Morgan fingerprint density at radius 2 is 1.24 bits per heavy atom. The summed E-state index contributed by atoms with van der Waals surface area (Å²) in [5.74, 6) is -2.20. The van der Waals surface area contributed by atoms with Gasteiger partial charge in [-0.2, -0.15) is 0 Å². The molecule has 18 heteroatoms. The van der Waals surface area contributed by atoms with E-state index in [1.165, 1.54) is 63.8 Å². The Labute approximate surface area is 290 Å². The van der Waals surface area contributed by atoms with Crippen LogP contribution in [0.15, 0.2) is 42.5 Å². The molecule has 0 bridgehead atoms. The molecule has 0 aliphatic carbocycles. The molecule has 2 saturated heterocycles. The lowest BCUT2D eigenvalue weighted by molar-refractivity contribution is -0.327. The molecule has 0 radical (unpaired) electrons. The number of hydrogen-bond donors (Lipinski definition) is 8. The maximum absolute atomic E-state index is 12.8. The molecule has 280 valence electrons. The van der Waals surface area contributed by atoms with E-state index in [0.29, 0.717) is 11.1 Å². The molecule has 2 heterocycles. The smallest absolute Gasteiger partial charge is 0.333 e. The van der Waals surface area contributed by atoms with Crippen molar-refractivity contribution >= 4 is 24.1 Å². The van der Waals surface area contributed by atoms with Crippen LogP contribution in [0.3, 0.4) is 0 Å². The molecule has 0 aromatic heterocycles. The van der Waals surface area contributed by atoms with E-state index in [9.17, 15) is 50.4 Å². The zero-order chi connectivity index (χ0) is 37.4. The molecule has 4 rings (SSSR count). The van der Waals surface area contributed by atoms with E-state index in [2.05, 4.69) is 0 Å². The quantitative estimate of drug-likeness (QED) is 0.0869. The summed E-state index contributed by atoms with van der Waals surface area (Å²) in [6.07, 6.45) is -12.7. The van der Waals surface area contributed by atoms with Gasteiger partial charge >= 0.3 is 11.9 Å². The lowest BCUT2D eigenvalue weighted by Crippen LogP contribution is -2.62. The number of rotatable bonds is 13. The summed E-state index contributed by atoms with van der Waals surface area (Å²) >= 11 is 0. The van der Waals surface area contributed by atoms with Crippen molar-refractivity contribution in [3.05, 3.63) is 53.6 Å². The minimum atomic E-state index is -1.89. The Morgan fingerprint density at radius 1 is 0.686 bits per heavy atom. The molecule has 2 fully saturated rings. The molecule has 18 nitrogen and oxygen atoms in total. The Balaban J connectivity index is 1.44. The number of methoxy groups -OCH3 is 3. The van der Waals surface area contributed by atoms with Gasteiger partial charge in [-0.15, -0.1) is 0 Å². The van der Waals surface area contributed by atoms with Crippen molar-refractivity contribution < 1.29 is 88.3 Å². The summed E-state index contributed by atoms with van der Waals surface area (Å²) < 4.78 is 42.3. The topological polar surface area (TPSA) is 270 Å². The van der Waals surface area contributed by atoms with Gasteiger partial charge in [-0.1, -0.05) is 6.07 Å². The van der Waals surface area contributed by atoms with Crippen LogP contribution in [0.2, 0.25) is 0 Å². The number of benzene rings is 2. The van der Waals surface area contributed by atoms with Crippen LogP contribution < -0.4 is 14.2 Å². The highest BCUT2D eigenvalue weighted by Gasteiger charge is 2.49. The second-order valence-corrected chi connectivity index (χ2v) is 11.3.